The smallest absolute Gasteiger partial charge is 0.161 e. The molecule has 2 aromatic carbocycles. The van der Waals surface area contributed by atoms with Gasteiger partial charge in [0.25, 0.3) is 0 Å². The third-order valence-corrected chi connectivity index (χ3v) is 4.79. The second-order valence-electron chi connectivity index (χ2n) is 6.59. The second kappa shape index (κ2) is 8.73. The number of methoxy groups -OCH3 is 2. The summed E-state index contributed by atoms with van der Waals surface area (Å²) in [5.74, 6) is 1.50. The third-order valence-electron chi connectivity index (χ3n) is 4.79. The average molecular weight is 365 g/mol. The zero-order valence-corrected chi connectivity index (χ0v) is 16.5. The zero-order valence-electron chi connectivity index (χ0n) is 16.5. The minimum absolute atomic E-state index is 0.745. The van der Waals surface area contributed by atoms with Gasteiger partial charge in [0.1, 0.15) is 0 Å². The molecule has 5 nitrogen and oxygen atoms in total. The van der Waals surface area contributed by atoms with Crippen LogP contribution in [0.5, 0.6) is 11.5 Å². The van der Waals surface area contributed by atoms with Crippen molar-refractivity contribution in [3.63, 3.8) is 0 Å². The lowest BCUT2D eigenvalue weighted by atomic mass is 10.1. The standard InChI is InChI=1S/C22H27N3O2/c1-16-20(17(2)25(24-16)15-18-8-6-5-7-9-18)14-23-13-19-10-11-21(26-3)22(12-19)27-4/h5-12,23H,13-15H2,1-4H3. The van der Waals surface area contributed by atoms with Crippen LogP contribution in [0.1, 0.15) is 28.1 Å². The second-order valence-corrected chi connectivity index (χ2v) is 6.59. The molecule has 0 aliphatic carbocycles. The lowest BCUT2D eigenvalue weighted by Crippen LogP contribution is -2.14. The topological polar surface area (TPSA) is 48.3 Å². The summed E-state index contributed by atoms with van der Waals surface area (Å²) in [6.45, 7) is 6.53. The van der Waals surface area contributed by atoms with E-state index < -0.39 is 0 Å². The molecule has 3 rings (SSSR count). The van der Waals surface area contributed by atoms with E-state index in [4.69, 9.17) is 14.6 Å². The average Bonchev–Trinajstić information content (AvgIpc) is 2.96. The zero-order chi connectivity index (χ0) is 19.2. The highest BCUT2D eigenvalue weighted by Gasteiger charge is 2.12. The van der Waals surface area contributed by atoms with Crippen LogP contribution < -0.4 is 14.8 Å². The normalized spacial score (nSPS) is 10.8. The number of nitrogens with zero attached hydrogens (tertiary/aromatic N) is 2. The Balaban J connectivity index is 1.65. The predicted molar refractivity (Wildman–Crippen MR) is 107 cm³/mol. The van der Waals surface area contributed by atoms with Crippen LogP contribution in [0.3, 0.4) is 0 Å². The maximum absolute atomic E-state index is 5.37. The predicted octanol–water partition coefficient (Wildman–Crippen LogP) is 3.86. The van der Waals surface area contributed by atoms with Crippen LogP contribution in [-0.4, -0.2) is 24.0 Å². The van der Waals surface area contributed by atoms with Crippen molar-refractivity contribution in [2.24, 2.45) is 0 Å². The maximum atomic E-state index is 5.37. The molecule has 0 fully saturated rings. The van der Waals surface area contributed by atoms with E-state index in [0.29, 0.717) is 0 Å². The van der Waals surface area contributed by atoms with E-state index in [1.54, 1.807) is 14.2 Å². The molecule has 0 saturated carbocycles. The van der Waals surface area contributed by atoms with E-state index in [-0.39, 0.29) is 0 Å². The molecule has 1 N–H and O–H groups in total. The fraction of sp³-hybridized carbons (Fsp3) is 0.318. The summed E-state index contributed by atoms with van der Waals surface area (Å²) >= 11 is 0. The Hall–Kier alpha value is -2.79. The van der Waals surface area contributed by atoms with Gasteiger partial charge in [0, 0.05) is 24.3 Å². The summed E-state index contributed by atoms with van der Waals surface area (Å²) in [6.07, 6.45) is 0. The van der Waals surface area contributed by atoms with Crippen molar-refractivity contribution >= 4 is 0 Å². The van der Waals surface area contributed by atoms with Crippen molar-refractivity contribution in [2.45, 2.75) is 33.5 Å². The van der Waals surface area contributed by atoms with Gasteiger partial charge in [-0.3, -0.25) is 4.68 Å². The van der Waals surface area contributed by atoms with Crippen LogP contribution in [0, 0.1) is 13.8 Å². The molecule has 1 aromatic heterocycles. The Morgan fingerprint density at radius 1 is 0.889 bits per heavy atom. The Morgan fingerprint density at radius 2 is 1.63 bits per heavy atom. The number of nitrogens with one attached hydrogen (secondary N) is 1. The molecule has 0 aliphatic rings. The Bertz CT molecular complexity index is 888. The van der Waals surface area contributed by atoms with Crippen molar-refractivity contribution in [3.8, 4) is 11.5 Å². The van der Waals surface area contributed by atoms with E-state index in [1.165, 1.54) is 16.8 Å². The Labute approximate surface area is 160 Å². The minimum Gasteiger partial charge on any atom is -0.493 e. The molecule has 1 heterocycles. The van der Waals surface area contributed by atoms with E-state index >= 15 is 0 Å². The van der Waals surface area contributed by atoms with Crippen molar-refractivity contribution < 1.29 is 9.47 Å². The van der Waals surface area contributed by atoms with Gasteiger partial charge in [-0.2, -0.15) is 5.10 Å². The van der Waals surface area contributed by atoms with Crippen LogP contribution in [-0.2, 0) is 19.6 Å². The first kappa shape index (κ1) is 19.0. The molecular weight excluding hydrogens is 338 g/mol. The number of ether oxygens (including phenoxy) is 2. The summed E-state index contributed by atoms with van der Waals surface area (Å²) in [5, 5.41) is 8.24. The molecular formula is C22H27N3O2. The third kappa shape index (κ3) is 4.49. The largest absolute Gasteiger partial charge is 0.493 e. The molecule has 0 unspecified atom stereocenters. The maximum Gasteiger partial charge on any atom is 0.161 e. The van der Waals surface area contributed by atoms with E-state index in [2.05, 4.69) is 48.1 Å². The van der Waals surface area contributed by atoms with Crippen molar-refractivity contribution in [3.05, 3.63) is 76.6 Å². The fourth-order valence-electron chi connectivity index (χ4n) is 3.22. The van der Waals surface area contributed by atoms with E-state index in [1.807, 2.05) is 24.3 Å². The molecule has 0 radical (unpaired) electrons. The molecule has 142 valence electrons. The number of aryl methyl sites for hydroxylation is 1. The molecule has 0 spiro atoms. The number of benzene rings is 2. The summed E-state index contributed by atoms with van der Waals surface area (Å²) in [6, 6.07) is 16.4. The van der Waals surface area contributed by atoms with Gasteiger partial charge < -0.3 is 14.8 Å². The first-order valence-corrected chi connectivity index (χ1v) is 9.10. The lowest BCUT2D eigenvalue weighted by Gasteiger charge is -2.11. The van der Waals surface area contributed by atoms with E-state index in [9.17, 15) is 0 Å². The Morgan fingerprint density at radius 3 is 2.33 bits per heavy atom. The summed E-state index contributed by atoms with van der Waals surface area (Å²) in [4.78, 5) is 0. The highest BCUT2D eigenvalue weighted by molar-refractivity contribution is 5.42. The van der Waals surface area contributed by atoms with Crippen LogP contribution in [0.2, 0.25) is 0 Å². The fourth-order valence-corrected chi connectivity index (χ4v) is 3.22. The Kier molecular flexibility index (Phi) is 6.14. The summed E-state index contributed by atoms with van der Waals surface area (Å²) < 4.78 is 12.7. The van der Waals surface area contributed by atoms with Gasteiger partial charge in [0.2, 0.25) is 0 Å². The molecule has 0 saturated heterocycles. The first-order valence-electron chi connectivity index (χ1n) is 9.10. The van der Waals surface area contributed by atoms with Gasteiger partial charge in [0.15, 0.2) is 11.5 Å². The van der Waals surface area contributed by atoms with Crippen LogP contribution in [0.4, 0.5) is 0 Å². The highest BCUT2D eigenvalue weighted by atomic mass is 16.5. The molecule has 0 bridgehead atoms. The van der Waals surface area contributed by atoms with Gasteiger partial charge in [-0.25, -0.2) is 0 Å². The van der Waals surface area contributed by atoms with Gasteiger partial charge >= 0.3 is 0 Å². The van der Waals surface area contributed by atoms with Gasteiger partial charge in [-0.05, 0) is 37.1 Å². The minimum atomic E-state index is 0.745. The molecule has 3 aromatic rings. The number of rotatable bonds is 8. The highest BCUT2D eigenvalue weighted by Crippen LogP contribution is 2.27. The van der Waals surface area contributed by atoms with Gasteiger partial charge in [0.05, 0.1) is 26.5 Å². The quantitative estimate of drug-likeness (QED) is 0.659. The summed E-state index contributed by atoms with van der Waals surface area (Å²) in [7, 11) is 3.30. The van der Waals surface area contributed by atoms with Crippen LogP contribution in [0.25, 0.3) is 0 Å². The number of aromatic nitrogens is 2. The first-order chi connectivity index (χ1) is 13.1. The van der Waals surface area contributed by atoms with Crippen LogP contribution in [0.15, 0.2) is 48.5 Å². The van der Waals surface area contributed by atoms with Crippen LogP contribution >= 0.6 is 0 Å². The summed E-state index contributed by atoms with van der Waals surface area (Å²) in [5.41, 5.74) is 5.94. The van der Waals surface area contributed by atoms with Crippen molar-refractivity contribution in [2.75, 3.05) is 14.2 Å². The molecule has 0 amide bonds. The number of hydrogen-bond acceptors (Lipinski definition) is 4. The lowest BCUT2D eigenvalue weighted by molar-refractivity contribution is 0.354. The molecule has 27 heavy (non-hydrogen) atoms. The molecule has 5 heteroatoms. The SMILES string of the molecule is COc1ccc(CNCc2c(C)nn(Cc3ccccc3)c2C)cc1OC. The molecule has 0 atom stereocenters. The van der Waals surface area contributed by atoms with Gasteiger partial charge in [-0.1, -0.05) is 36.4 Å². The molecule has 0 aliphatic heterocycles. The van der Waals surface area contributed by atoms with Gasteiger partial charge in [-0.15, -0.1) is 0 Å². The van der Waals surface area contributed by atoms with Crippen molar-refractivity contribution in [1.29, 1.82) is 0 Å². The number of hydrogen-bond donors (Lipinski definition) is 1. The monoisotopic (exact) mass is 365 g/mol. The van der Waals surface area contributed by atoms with E-state index in [0.717, 1.165) is 42.4 Å². The van der Waals surface area contributed by atoms with Crippen molar-refractivity contribution in [1.82, 2.24) is 15.1 Å².